The Hall–Kier alpha value is -4.90. The monoisotopic (exact) mass is 898 g/mol. The van der Waals surface area contributed by atoms with E-state index < -0.39 is 0 Å². The third-order valence-electron chi connectivity index (χ3n) is 8.59. The Morgan fingerprint density at radius 1 is 0.450 bits per heavy atom. The number of hydrogen-bond acceptors (Lipinski definition) is 18. The second-order valence-electron chi connectivity index (χ2n) is 13.8. The number of benzene rings is 2. The fourth-order valence-electron chi connectivity index (χ4n) is 5.68. The summed E-state index contributed by atoms with van der Waals surface area (Å²) in [4.78, 5) is 14.1. The minimum Gasteiger partial charge on any atom is -0.232 e. The zero-order chi connectivity index (χ0) is 41.5. The summed E-state index contributed by atoms with van der Waals surface area (Å²) in [6, 6.07) is 22.9. The molecule has 0 amide bonds. The lowest BCUT2D eigenvalue weighted by molar-refractivity contribution is 0.252. The fourth-order valence-corrected chi connectivity index (χ4v) is 8.43. The molecule has 2 aliphatic heterocycles. The lowest BCUT2D eigenvalue weighted by Gasteiger charge is -2.05. The Kier molecular flexibility index (Phi) is 15.9. The molecule has 0 N–H and O–H groups in total. The van der Waals surface area contributed by atoms with Gasteiger partial charge in [0.05, 0.1) is 0 Å². The Bertz CT molecular complexity index is 2330. The fraction of sp³-hybridized carbons (Fsp3) is 0.353. The zero-order valence-electron chi connectivity index (χ0n) is 33.7. The molecule has 0 radical (unpaired) electrons. The molecule has 316 valence electrons. The second-order valence-corrected chi connectivity index (χ2v) is 19.0. The highest BCUT2D eigenvalue weighted by molar-refractivity contribution is 7.30. The molecular weight excluding hydrogens is 848 g/mol. The van der Waals surface area contributed by atoms with Gasteiger partial charge in [0.15, 0.2) is 0 Å². The Labute approximate surface area is 352 Å². The number of fused-ring (bicyclic) bond motifs is 4. The Morgan fingerprint density at radius 3 is 1.30 bits per heavy atom. The van der Waals surface area contributed by atoms with E-state index in [9.17, 15) is 0 Å². The van der Waals surface area contributed by atoms with Gasteiger partial charge < -0.3 is 0 Å². The average Bonchev–Trinajstić information content (AvgIpc) is 4.14. The van der Waals surface area contributed by atoms with Crippen molar-refractivity contribution in [2.45, 2.75) is 25.7 Å². The summed E-state index contributed by atoms with van der Waals surface area (Å²) < 4.78 is 30.9. The van der Waals surface area contributed by atoms with Crippen LogP contribution in [-0.4, -0.2) is 144 Å². The second kappa shape index (κ2) is 22.1. The zero-order valence-corrected chi connectivity index (χ0v) is 38.4. The molecule has 10 rings (SSSR count). The average molecular weight is 899 g/mol. The molecule has 0 saturated carbocycles. The maximum Gasteiger partial charge on any atom is 0.269 e. The molecule has 2 aliphatic rings. The maximum atomic E-state index is 5.70. The molecule has 2 fully saturated rings. The van der Waals surface area contributed by atoms with Gasteiger partial charge in [0.2, 0.25) is 11.3 Å². The van der Waals surface area contributed by atoms with Crippen molar-refractivity contribution < 1.29 is 18.5 Å². The molecule has 0 bridgehead atoms. The van der Waals surface area contributed by atoms with Crippen LogP contribution in [0.4, 0.5) is 0 Å². The minimum atomic E-state index is -0.279. The summed E-state index contributed by atoms with van der Waals surface area (Å²) in [7, 11) is 6.93. The van der Waals surface area contributed by atoms with Crippen LogP contribution in [0.5, 0.6) is 0 Å². The van der Waals surface area contributed by atoms with Crippen molar-refractivity contribution >= 4 is 80.2 Å². The third-order valence-corrected chi connectivity index (χ3v) is 12.2. The van der Waals surface area contributed by atoms with E-state index in [0.717, 1.165) is 59.3 Å². The van der Waals surface area contributed by atoms with E-state index in [4.69, 9.17) is 18.5 Å². The number of rotatable bonds is 12. The van der Waals surface area contributed by atoms with Crippen molar-refractivity contribution in [1.29, 1.82) is 0 Å². The van der Waals surface area contributed by atoms with Gasteiger partial charge in [-0.15, -0.1) is 29.7 Å². The Morgan fingerprint density at radius 2 is 0.817 bits per heavy atom. The highest BCUT2D eigenvalue weighted by Crippen LogP contribution is 2.24. The van der Waals surface area contributed by atoms with Crippen molar-refractivity contribution in [3.63, 3.8) is 0 Å². The quantitative estimate of drug-likeness (QED) is 0.162. The van der Waals surface area contributed by atoms with Crippen LogP contribution >= 0.6 is 35.8 Å². The molecule has 0 spiro atoms. The molecule has 60 heavy (non-hydrogen) atoms. The van der Waals surface area contributed by atoms with Crippen LogP contribution in [-0.2, 0) is 0 Å². The predicted molar refractivity (Wildman–Crippen MR) is 240 cm³/mol. The van der Waals surface area contributed by atoms with Crippen LogP contribution in [0.3, 0.4) is 0 Å². The van der Waals surface area contributed by atoms with Gasteiger partial charge in [-0.25, -0.2) is 28.5 Å². The van der Waals surface area contributed by atoms with Crippen molar-refractivity contribution in [1.82, 2.24) is 89.3 Å². The summed E-state index contributed by atoms with van der Waals surface area (Å²) in [5.41, 5.74) is 6.43. The lowest BCUT2D eigenvalue weighted by Crippen LogP contribution is -2.14. The highest BCUT2D eigenvalue weighted by atomic mass is 31.1. The standard InChI is InChI=1S/C10H13N4OP.C9H12N5OP.C8H11N4OP.C7H10N5OP/c1-2-6-10-9(5-1)11-12-14(10)15-16-13-7-3-4-8-13;1-2-7-13(6-1)16-15-14-9-8(11-12-14)4-3-5-10-9;1-11(2)14-13-12-8-6-4-3-5-7(8)9-10-12;1-11(2)14-13-12-7-6(9-10-12)4-3-5-8-7/h1-2,5-6,16H,3-4,7-8H2;3-5,16H,1-2,6-7H2;3-6,14H,1-2H3;3-5,14H,1-2H3/p+4. The molecule has 26 heteroatoms. The molecule has 0 aliphatic carbocycles. The predicted octanol–water partition coefficient (Wildman–Crippen LogP) is 2.51. The summed E-state index contributed by atoms with van der Waals surface area (Å²) in [5.74, 6) is 0. The van der Waals surface area contributed by atoms with Crippen molar-refractivity contribution in [2.24, 2.45) is 0 Å². The first kappa shape index (κ1) is 43.2. The van der Waals surface area contributed by atoms with Gasteiger partial charge in [0.25, 0.3) is 35.8 Å². The van der Waals surface area contributed by atoms with Crippen LogP contribution in [0.2, 0.25) is 0 Å². The van der Waals surface area contributed by atoms with E-state index in [2.05, 4.69) is 60.6 Å². The van der Waals surface area contributed by atoms with Crippen molar-refractivity contribution in [2.75, 3.05) is 54.4 Å². The number of para-hydroxylation sites is 2. The summed E-state index contributed by atoms with van der Waals surface area (Å²) in [5, 5.41) is 31.6. The van der Waals surface area contributed by atoms with E-state index in [1.54, 1.807) is 17.2 Å². The number of nitrogens with zero attached hydrogens (tertiary/aromatic N) is 18. The summed E-state index contributed by atoms with van der Waals surface area (Å²) in [6.45, 7) is 4.58. The van der Waals surface area contributed by atoms with E-state index >= 15 is 0 Å². The Balaban J connectivity index is 0.000000121. The van der Waals surface area contributed by atoms with Crippen LogP contribution < -0.4 is 18.5 Å². The first-order valence-electron chi connectivity index (χ1n) is 19.2. The third kappa shape index (κ3) is 12.1. The van der Waals surface area contributed by atoms with E-state index in [-0.39, 0.29) is 35.8 Å². The van der Waals surface area contributed by atoms with E-state index in [0.29, 0.717) is 11.3 Å². The first-order valence-corrected chi connectivity index (χ1v) is 23.1. The number of aromatic nitrogens is 14. The molecule has 4 unspecified atom stereocenters. The van der Waals surface area contributed by atoms with Crippen molar-refractivity contribution in [3.05, 3.63) is 85.2 Å². The van der Waals surface area contributed by atoms with Crippen LogP contribution in [0.25, 0.3) is 44.4 Å². The minimum absolute atomic E-state index is 0.169. The van der Waals surface area contributed by atoms with Gasteiger partial charge in [0.1, 0.15) is 33.1 Å². The topological polar surface area (TPSA) is 198 Å². The van der Waals surface area contributed by atoms with Gasteiger partial charge in [-0.1, -0.05) is 24.3 Å². The van der Waals surface area contributed by atoms with Crippen LogP contribution in [0, 0.1) is 0 Å². The molecule has 8 heterocycles. The van der Waals surface area contributed by atoms with Crippen molar-refractivity contribution in [3.8, 4) is 0 Å². The summed E-state index contributed by atoms with van der Waals surface area (Å²) in [6.07, 6.45) is 8.52. The van der Waals surface area contributed by atoms with Crippen LogP contribution in [0.1, 0.15) is 25.7 Å². The summed E-state index contributed by atoms with van der Waals surface area (Å²) >= 11 is 0. The van der Waals surface area contributed by atoms with E-state index in [1.807, 2.05) is 110 Å². The highest BCUT2D eigenvalue weighted by Gasteiger charge is 2.20. The molecule has 22 nitrogen and oxygen atoms in total. The SMILES string of the molecule is CN(C)[PH2+]On1nnc2ccccc21.CN(C)[PH2+]On1nnc2cccnc21.c1ccc2c(c1)nnn2O[PH2+]N1CCCC1.c1cnc2c(c1)nnn2O[PH2+]N1CCCC1. The largest absolute Gasteiger partial charge is 0.269 e. The van der Waals surface area contributed by atoms with Gasteiger partial charge in [-0.3, -0.25) is 0 Å². The van der Waals surface area contributed by atoms with Gasteiger partial charge in [0, 0.05) is 66.8 Å². The smallest absolute Gasteiger partial charge is 0.232 e. The normalized spacial score (nSPS) is 15.0. The number of hydrogen-bond donors (Lipinski definition) is 0. The molecular formula is C34H50N18O4P4+4. The van der Waals surface area contributed by atoms with Gasteiger partial charge in [-0.05, 0) is 114 Å². The van der Waals surface area contributed by atoms with E-state index in [1.165, 1.54) is 40.2 Å². The van der Waals surface area contributed by atoms with Gasteiger partial charge in [-0.2, -0.15) is 9.34 Å². The first-order chi connectivity index (χ1) is 29.4. The molecule has 4 atom stereocenters. The molecule has 6 aromatic heterocycles. The van der Waals surface area contributed by atoms with Crippen LogP contribution in [0.15, 0.2) is 85.2 Å². The molecule has 2 aromatic carbocycles. The molecule has 8 aromatic rings. The maximum absolute atomic E-state index is 5.70. The lowest BCUT2D eigenvalue weighted by atomic mass is 10.3. The van der Waals surface area contributed by atoms with Gasteiger partial charge >= 0.3 is 0 Å². The number of pyridine rings is 2. The molecule has 2 saturated heterocycles.